The zero-order valence-corrected chi connectivity index (χ0v) is 11.4. The summed E-state index contributed by atoms with van der Waals surface area (Å²) in [6, 6.07) is 6.20. The van der Waals surface area contributed by atoms with E-state index >= 15 is 0 Å². The molecular formula is C15H21NO2. The van der Waals surface area contributed by atoms with Crippen LogP contribution in [0.3, 0.4) is 0 Å². The molecule has 3 heteroatoms. The average Bonchev–Trinajstić information content (AvgIpc) is 2.35. The van der Waals surface area contributed by atoms with E-state index in [1.807, 2.05) is 6.07 Å². The van der Waals surface area contributed by atoms with Crippen LogP contribution in [-0.4, -0.2) is 31.5 Å². The van der Waals surface area contributed by atoms with E-state index < -0.39 is 0 Å². The van der Waals surface area contributed by atoms with Gasteiger partial charge < -0.3 is 9.64 Å². The number of likely N-dealkylation sites (N-methyl/N-ethyl adjacent to an activating group) is 1. The topological polar surface area (TPSA) is 29.5 Å². The molecule has 2 rings (SSSR count). The minimum absolute atomic E-state index is 0.0129. The normalized spacial score (nSPS) is 18.1. The standard InChI is InChI=1S/C15H21NO2/c1-11-4-5-12-6-7-14(9-13(12)8-11)18-10-15(17)16(2)3/h6-7,9,11H,4-5,8,10H2,1-3H3. The highest BCUT2D eigenvalue weighted by molar-refractivity contribution is 5.77. The second-order valence-electron chi connectivity index (χ2n) is 5.36. The van der Waals surface area contributed by atoms with Crippen molar-refractivity contribution in [2.24, 2.45) is 5.92 Å². The van der Waals surface area contributed by atoms with Gasteiger partial charge in [0.15, 0.2) is 6.61 Å². The third-order valence-corrected chi connectivity index (χ3v) is 3.51. The average molecular weight is 247 g/mol. The molecule has 1 amide bonds. The van der Waals surface area contributed by atoms with Crippen molar-refractivity contribution in [1.82, 2.24) is 4.90 Å². The Hall–Kier alpha value is -1.51. The summed E-state index contributed by atoms with van der Waals surface area (Å²) >= 11 is 0. The first kappa shape index (κ1) is 12.9. The molecule has 0 saturated heterocycles. The van der Waals surface area contributed by atoms with Crippen LogP contribution in [0.4, 0.5) is 0 Å². The number of rotatable bonds is 3. The second-order valence-corrected chi connectivity index (χ2v) is 5.36. The third-order valence-electron chi connectivity index (χ3n) is 3.51. The molecule has 1 aromatic rings. The van der Waals surface area contributed by atoms with Gasteiger partial charge in [-0.1, -0.05) is 13.0 Å². The van der Waals surface area contributed by atoms with Crippen molar-refractivity contribution >= 4 is 5.91 Å². The zero-order valence-electron chi connectivity index (χ0n) is 11.4. The van der Waals surface area contributed by atoms with Crippen LogP contribution in [0.2, 0.25) is 0 Å². The third kappa shape index (κ3) is 3.03. The Kier molecular flexibility index (Phi) is 3.90. The first-order valence-electron chi connectivity index (χ1n) is 6.51. The Bertz CT molecular complexity index is 440. The first-order chi connectivity index (χ1) is 8.56. The summed E-state index contributed by atoms with van der Waals surface area (Å²) < 4.78 is 5.54. The van der Waals surface area contributed by atoms with E-state index in [0.29, 0.717) is 0 Å². The fourth-order valence-corrected chi connectivity index (χ4v) is 2.28. The lowest BCUT2D eigenvalue weighted by Gasteiger charge is -2.22. The van der Waals surface area contributed by atoms with E-state index in [0.717, 1.165) is 24.5 Å². The van der Waals surface area contributed by atoms with Gasteiger partial charge in [0.05, 0.1) is 0 Å². The number of hydrogen-bond acceptors (Lipinski definition) is 2. The molecule has 1 aromatic carbocycles. The zero-order chi connectivity index (χ0) is 13.1. The largest absolute Gasteiger partial charge is 0.484 e. The molecule has 18 heavy (non-hydrogen) atoms. The Balaban J connectivity index is 2.02. The van der Waals surface area contributed by atoms with Crippen molar-refractivity contribution < 1.29 is 9.53 Å². The van der Waals surface area contributed by atoms with Crippen molar-refractivity contribution in [2.75, 3.05) is 20.7 Å². The molecule has 1 atom stereocenters. The molecule has 3 nitrogen and oxygen atoms in total. The molecule has 0 radical (unpaired) electrons. The fraction of sp³-hybridized carbons (Fsp3) is 0.533. The van der Waals surface area contributed by atoms with Gasteiger partial charge in [0.2, 0.25) is 0 Å². The number of nitrogens with zero attached hydrogens (tertiary/aromatic N) is 1. The van der Waals surface area contributed by atoms with E-state index in [-0.39, 0.29) is 12.5 Å². The molecule has 0 saturated carbocycles. The molecule has 0 N–H and O–H groups in total. The SMILES string of the molecule is CC1CCc2ccc(OCC(=O)N(C)C)cc2C1. The molecule has 1 aliphatic carbocycles. The van der Waals surface area contributed by atoms with Crippen LogP contribution in [0.25, 0.3) is 0 Å². The highest BCUT2D eigenvalue weighted by Crippen LogP contribution is 2.28. The molecule has 1 unspecified atom stereocenters. The summed E-state index contributed by atoms with van der Waals surface area (Å²) in [4.78, 5) is 13.0. The van der Waals surface area contributed by atoms with Gasteiger partial charge in [0, 0.05) is 14.1 Å². The molecule has 0 aromatic heterocycles. The molecule has 0 spiro atoms. The smallest absolute Gasteiger partial charge is 0.259 e. The van der Waals surface area contributed by atoms with E-state index in [1.165, 1.54) is 17.5 Å². The van der Waals surface area contributed by atoms with Crippen LogP contribution in [-0.2, 0) is 17.6 Å². The van der Waals surface area contributed by atoms with Gasteiger partial charge >= 0.3 is 0 Å². The summed E-state index contributed by atoms with van der Waals surface area (Å²) in [6.07, 6.45) is 3.55. The monoisotopic (exact) mass is 247 g/mol. The van der Waals surface area contributed by atoms with E-state index in [1.54, 1.807) is 19.0 Å². The molecule has 0 heterocycles. The number of carbonyl (C=O) groups excluding carboxylic acids is 1. The van der Waals surface area contributed by atoms with Gasteiger partial charge in [-0.25, -0.2) is 0 Å². The van der Waals surface area contributed by atoms with Crippen molar-refractivity contribution in [2.45, 2.75) is 26.2 Å². The van der Waals surface area contributed by atoms with Gasteiger partial charge in [0.1, 0.15) is 5.75 Å². The van der Waals surface area contributed by atoms with E-state index in [2.05, 4.69) is 19.1 Å². The molecule has 0 aliphatic heterocycles. The molecule has 0 fully saturated rings. The van der Waals surface area contributed by atoms with Crippen molar-refractivity contribution in [3.8, 4) is 5.75 Å². The van der Waals surface area contributed by atoms with Gasteiger partial charge in [-0.15, -0.1) is 0 Å². The summed E-state index contributed by atoms with van der Waals surface area (Å²) in [5, 5.41) is 0. The predicted molar refractivity (Wildman–Crippen MR) is 71.8 cm³/mol. The summed E-state index contributed by atoms with van der Waals surface area (Å²) in [5.41, 5.74) is 2.81. The maximum atomic E-state index is 11.5. The number of benzene rings is 1. The Morgan fingerprint density at radius 2 is 2.17 bits per heavy atom. The van der Waals surface area contributed by atoms with Crippen LogP contribution in [0.5, 0.6) is 5.75 Å². The van der Waals surface area contributed by atoms with Crippen molar-refractivity contribution in [1.29, 1.82) is 0 Å². The van der Waals surface area contributed by atoms with Gasteiger partial charge in [0.25, 0.3) is 5.91 Å². The second kappa shape index (κ2) is 5.42. The number of hydrogen-bond donors (Lipinski definition) is 0. The lowest BCUT2D eigenvalue weighted by atomic mass is 9.85. The Morgan fingerprint density at radius 1 is 1.39 bits per heavy atom. The summed E-state index contributed by atoms with van der Waals surface area (Å²) in [7, 11) is 3.47. The number of amides is 1. The molecule has 1 aliphatic rings. The summed E-state index contributed by atoms with van der Waals surface area (Å²) in [5.74, 6) is 1.54. The number of carbonyl (C=O) groups is 1. The van der Waals surface area contributed by atoms with Gasteiger partial charge in [-0.3, -0.25) is 4.79 Å². The maximum Gasteiger partial charge on any atom is 0.259 e. The highest BCUT2D eigenvalue weighted by atomic mass is 16.5. The van der Waals surface area contributed by atoms with Crippen LogP contribution < -0.4 is 4.74 Å². The lowest BCUT2D eigenvalue weighted by molar-refractivity contribution is -0.130. The predicted octanol–water partition coefficient (Wildman–Crippen LogP) is 2.28. The van der Waals surface area contributed by atoms with Gasteiger partial charge in [-0.2, -0.15) is 0 Å². The van der Waals surface area contributed by atoms with Crippen LogP contribution >= 0.6 is 0 Å². The minimum atomic E-state index is -0.0129. The van der Waals surface area contributed by atoms with Crippen molar-refractivity contribution in [3.05, 3.63) is 29.3 Å². The van der Waals surface area contributed by atoms with E-state index in [4.69, 9.17) is 4.74 Å². The van der Waals surface area contributed by atoms with Crippen LogP contribution in [0, 0.1) is 5.92 Å². The fourth-order valence-electron chi connectivity index (χ4n) is 2.28. The Labute approximate surface area is 109 Å². The Morgan fingerprint density at radius 3 is 2.89 bits per heavy atom. The number of aryl methyl sites for hydroxylation is 1. The first-order valence-corrected chi connectivity index (χ1v) is 6.51. The molecule has 98 valence electrons. The van der Waals surface area contributed by atoms with Crippen molar-refractivity contribution in [3.63, 3.8) is 0 Å². The van der Waals surface area contributed by atoms with Crippen LogP contribution in [0.1, 0.15) is 24.5 Å². The number of ether oxygens (including phenoxy) is 1. The number of fused-ring (bicyclic) bond motifs is 1. The van der Waals surface area contributed by atoms with Crippen LogP contribution in [0.15, 0.2) is 18.2 Å². The van der Waals surface area contributed by atoms with E-state index in [9.17, 15) is 4.79 Å². The summed E-state index contributed by atoms with van der Waals surface area (Å²) in [6.45, 7) is 2.40. The molecular weight excluding hydrogens is 226 g/mol. The highest BCUT2D eigenvalue weighted by Gasteiger charge is 2.15. The van der Waals surface area contributed by atoms with Gasteiger partial charge in [-0.05, 0) is 48.4 Å². The minimum Gasteiger partial charge on any atom is -0.484 e. The quantitative estimate of drug-likeness (QED) is 0.820. The molecule has 0 bridgehead atoms. The lowest BCUT2D eigenvalue weighted by Crippen LogP contribution is -2.27. The maximum absolute atomic E-state index is 11.5.